The third kappa shape index (κ3) is 8.97. The van der Waals surface area contributed by atoms with Crippen molar-refractivity contribution >= 4 is 18.0 Å². The molecule has 0 aromatic rings. The van der Waals surface area contributed by atoms with Crippen LogP contribution in [0.1, 0.15) is 33.6 Å². The van der Waals surface area contributed by atoms with Crippen LogP contribution in [0.15, 0.2) is 0 Å². The van der Waals surface area contributed by atoms with Crippen LogP contribution >= 0.6 is 0 Å². The minimum absolute atomic E-state index is 0.0648. The van der Waals surface area contributed by atoms with E-state index in [0.29, 0.717) is 26.4 Å². The highest BCUT2D eigenvalue weighted by Gasteiger charge is 2.34. The molecule has 2 heterocycles. The molecule has 0 aromatic heterocycles. The Labute approximate surface area is 171 Å². The largest absolute Gasteiger partial charge is 0.468 e. The summed E-state index contributed by atoms with van der Waals surface area (Å²) in [5, 5.41) is 2.55. The van der Waals surface area contributed by atoms with Gasteiger partial charge in [-0.05, 0) is 33.6 Å². The van der Waals surface area contributed by atoms with Crippen LogP contribution in [0.2, 0.25) is 0 Å². The number of esters is 2. The van der Waals surface area contributed by atoms with E-state index in [2.05, 4.69) is 10.1 Å². The van der Waals surface area contributed by atoms with Crippen molar-refractivity contribution in [3.63, 3.8) is 0 Å². The fraction of sp³-hybridized carbons (Fsp3) is 0.842. The average molecular weight is 418 g/mol. The first-order chi connectivity index (χ1) is 13.6. The average Bonchev–Trinajstić information content (AvgIpc) is 3.37. The first kappa shape index (κ1) is 25.1. The highest BCUT2D eigenvalue weighted by atomic mass is 16.6. The van der Waals surface area contributed by atoms with Crippen molar-refractivity contribution in [3.05, 3.63) is 0 Å². The lowest BCUT2D eigenvalue weighted by molar-refractivity contribution is -0.145. The van der Waals surface area contributed by atoms with Crippen LogP contribution < -0.4 is 11.1 Å². The first-order valence-electron chi connectivity index (χ1n) is 9.65. The van der Waals surface area contributed by atoms with E-state index in [1.165, 1.54) is 14.2 Å². The van der Waals surface area contributed by atoms with E-state index in [1.54, 1.807) is 20.8 Å². The number of nitrogens with one attached hydrogen (secondary N) is 1. The third-order valence-electron chi connectivity index (χ3n) is 4.51. The second kappa shape index (κ2) is 11.9. The van der Waals surface area contributed by atoms with Crippen molar-refractivity contribution in [2.24, 2.45) is 17.6 Å². The molecule has 4 atom stereocenters. The minimum Gasteiger partial charge on any atom is -0.468 e. The van der Waals surface area contributed by atoms with E-state index in [4.69, 9.17) is 24.7 Å². The molecule has 2 aliphatic heterocycles. The summed E-state index contributed by atoms with van der Waals surface area (Å²) in [6, 6.07) is -1.23. The van der Waals surface area contributed by atoms with Crippen LogP contribution in [0.4, 0.5) is 4.79 Å². The molecule has 0 radical (unpaired) electrons. The molecule has 0 spiro atoms. The van der Waals surface area contributed by atoms with E-state index < -0.39 is 29.7 Å². The summed E-state index contributed by atoms with van der Waals surface area (Å²) >= 11 is 0. The van der Waals surface area contributed by atoms with Gasteiger partial charge in [-0.1, -0.05) is 0 Å². The van der Waals surface area contributed by atoms with Crippen LogP contribution in [0.5, 0.6) is 0 Å². The fourth-order valence-corrected chi connectivity index (χ4v) is 2.91. The molecule has 0 aliphatic carbocycles. The van der Waals surface area contributed by atoms with Crippen molar-refractivity contribution in [1.29, 1.82) is 0 Å². The summed E-state index contributed by atoms with van der Waals surface area (Å²) in [5.41, 5.74) is 4.98. The van der Waals surface area contributed by atoms with E-state index in [-0.39, 0.29) is 17.8 Å². The Morgan fingerprint density at radius 2 is 1.48 bits per heavy atom. The zero-order valence-corrected chi connectivity index (χ0v) is 17.9. The Morgan fingerprint density at radius 1 is 0.966 bits per heavy atom. The molecule has 4 unspecified atom stereocenters. The number of alkyl carbamates (subject to hydrolysis) is 1. The number of ether oxygens (including phenoxy) is 5. The third-order valence-corrected chi connectivity index (χ3v) is 4.51. The molecule has 2 fully saturated rings. The van der Waals surface area contributed by atoms with Gasteiger partial charge in [0.05, 0.1) is 27.4 Å². The van der Waals surface area contributed by atoms with Crippen LogP contribution in [-0.2, 0) is 33.3 Å². The summed E-state index contributed by atoms with van der Waals surface area (Å²) in [5.74, 6) is -0.746. The standard InChI is InChI=1S/C12H21NO5.C7H13NO3/c1-12(2,3)18-11(15)13-9(10(14)16-4)8-5-6-17-7-8;1-10-7(9)6(8)5-2-3-11-4-5/h8-9H,5-7H2,1-4H3,(H,13,15);5-6H,2-4,8H2,1H3. The van der Waals surface area contributed by atoms with Crippen LogP contribution in [0, 0.1) is 11.8 Å². The molecule has 0 aromatic carbocycles. The van der Waals surface area contributed by atoms with Crippen LogP contribution in [0.25, 0.3) is 0 Å². The number of carbonyl (C=O) groups is 3. The quantitative estimate of drug-likeness (QED) is 0.486. The molecule has 10 nitrogen and oxygen atoms in total. The Balaban J connectivity index is 0.000000326. The van der Waals surface area contributed by atoms with Crippen LogP contribution in [0.3, 0.4) is 0 Å². The number of hydrogen-bond donors (Lipinski definition) is 2. The molecule has 168 valence electrons. The second-order valence-electron chi connectivity index (χ2n) is 7.94. The van der Waals surface area contributed by atoms with Crippen molar-refractivity contribution < 1.29 is 38.1 Å². The topological polar surface area (TPSA) is 135 Å². The maximum absolute atomic E-state index is 11.7. The summed E-state index contributed by atoms with van der Waals surface area (Å²) in [6.07, 6.45) is 0.955. The smallest absolute Gasteiger partial charge is 0.408 e. The van der Waals surface area contributed by atoms with Gasteiger partial charge in [-0.3, -0.25) is 4.79 Å². The van der Waals surface area contributed by atoms with E-state index in [1.807, 2.05) is 0 Å². The maximum Gasteiger partial charge on any atom is 0.408 e. The van der Waals surface area contributed by atoms with Gasteiger partial charge in [-0.25, -0.2) is 9.59 Å². The number of rotatable bonds is 5. The summed E-state index contributed by atoms with van der Waals surface area (Å²) in [4.78, 5) is 34.2. The summed E-state index contributed by atoms with van der Waals surface area (Å²) in [7, 11) is 2.64. The number of amides is 1. The van der Waals surface area contributed by atoms with Gasteiger partial charge in [0.25, 0.3) is 0 Å². The lowest BCUT2D eigenvalue weighted by Crippen LogP contribution is -2.48. The highest BCUT2D eigenvalue weighted by Crippen LogP contribution is 2.18. The SMILES string of the molecule is COC(=O)C(N)C1CCOC1.COC(=O)C(NC(=O)OC(C)(C)C)C1CCOC1. The number of methoxy groups -OCH3 is 2. The van der Waals surface area contributed by atoms with Gasteiger partial charge >= 0.3 is 18.0 Å². The van der Waals surface area contributed by atoms with Crippen molar-refractivity contribution in [3.8, 4) is 0 Å². The molecule has 3 N–H and O–H groups in total. The highest BCUT2D eigenvalue weighted by molar-refractivity contribution is 5.81. The van der Waals surface area contributed by atoms with Crippen molar-refractivity contribution in [2.75, 3.05) is 40.6 Å². The maximum atomic E-state index is 11.7. The Morgan fingerprint density at radius 3 is 1.90 bits per heavy atom. The number of carbonyl (C=O) groups excluding carboxylic acids is 3. The lowest BCUT2D eigenvalue weighted by Gasteiger charge is -2.24. The van der Waals surface area contributed by atoms with Gasteiger partial charge in [0.15, 0.2) is 0 Å². The zero-order chi connectivity index (χ0) is 22.0. The van der Waals surface area contributed by atoms with Crippen LogP contribution in [-0.4, -0.2) is 76.4 Å². The molecule has 0 bridgehead atoms. The molecule has 10 heteroatoms. The summed E-state index contributed by atoms with van der Waals surface area (Å²) in [6.45, 7) is 7.60. The fourth-order valence-electron chi connectivity index (χ4n) is 2.91. The summed E-state index contributed by atoms with van der Waals surface area (Å²) < 4.78 is 24.6. The predicted octanol–water partition coefficient (Wildman–Crippen LogP) is 0.612. The van der Waals surface area contributed by atoms with Crippen molar-refractivity contribution in [2.45, 2.75) is 51.3 Å². The second-order valence-corrected chi connectivity index (χ2v) is 7.94. The normalized spacial score (nSPS) is 23.2. The van der Waals surface area contributed by atoms with Gasteiger partial charge in [-0.15, -0.1) is 0 Å². The number of hydrogen-bond acceptors (Lipinski definition) is 9. The molecular weight excluding hydrogens is 384 g/mol. The van der Waals surface area contributed by atoms with E-state index in [0.717, 1.165) is 12.8 Å². The van der Waals surface area contributed by atoms with Gasteiger partial charge in [-0.2, -0.15) is 0 Å². The van der Waals surface area contributed by atoms with Gasteiger partial charge in [0, 0.05) is 25.0 Å². The van der Waals surface area contributed by atoms with E-state index >= 15 is 0 Å². The molecule has 29 heavy (non-hydrogen) atoms. The van der Waals surface area contributed by atoms with E-state index in [9.17, 15) is 14.4 Å². The zero-order valence-electron chi connectivity index (χ0n) is 17.9. The molecule has 2 saturated heterocycles. The Bertz CT molecular complexity index is 537. The monoisotopic (exact) mass is 418 g/mol. The minimum atomic E-state index is -0.715. The van der Waals surface area contributed by atoms with Crippen molar-refractivity contribution in [1.82, 2.24) is 5.32 Å². The number of nitrogens with two attached hydrogens (primary N) is 1. The molecule has 2 aliphatic rings. The van der Waals surface area contributed by atoms with Gasteiger partial charge in [0.2, 0.25) is 0 Å². The molecule has 2 rings (SSSR count). The predicted molar refractivity (Wildman–Crippen MR) is 103 cm³/mol. The Kier molecular flexibility index (Phi) is 10.3. The molecule has 1 amide bonds. The first-order valence-corrected chi connectivity index (χ1v) is 9.65. The lowest BCUT2D eigenvalue weighted by atomic mass is 9.99. The molecular formula is C19H34N2O8. The Hall–Kier alpha value is -1.91. The molecule has 0 saturated carbocycles. The van der Waals surface area contributed by atoms with Gasteiger partial charge < -0.3 is 34.7 Å². The van der Waals surface area contributed by atoms with Gasteiger partial charge in [0.1, 0.15) is 17.7 Å².